The maximum Gasteiger partial charge on any atom is 0.235 e. The highest BCUT2D eigenvalue weighted by Gasteiger charge is 2.25. The minimum Gasteiger partial charge on any atom is -0.391 e. The van der Waals surface area contributed by atoms with E-state index >= 15 is 0 Å². The highest BCUT2D eigenvalue weighted by Crippen LogP contribution is 2.27. The SMILES string of the molecule is CC(C)S(=O)(=O)Nc1cccc(C2CCNC[C@@H]2O)c1. The molecule has 0 radical (unpaired) electrons. The number of benzene rings is 1. The second kappa shape index (κ2) is 6.11. The number of nitrogens with one attached hydrogen (secondary N) is 2. The Labute approximate surface area is 120 Å². The highest BCUT2D eigenvalue weighted by atomic mass is 32.2. The van der Waals surface area contributed by atoms with Gasteiger partial charge in [-0.2, -0.15) is 0 Å². The third-order valence-electron chi connectivity index (χ3n) is 3.65. The van der Waals surface area contributed by atoms with Crippen LogP contribution in [0.3, 0.4) is 0 Å². The molecule has 0 saturated carbocycles. The van der Waals surface area contributed by atoms with Gasteiger partial charge >= 0.3 is 0 Å². The van der Waals surface area contributed by atoms with Crippen molar-refractivity contribution in [2.45, 2.75) is 37.5 Å². The quantitative estimate of drug-likeness (QED) is 0.782. The number of piperidine rings is 1. The molecule has 0 spiro atoms. The first-order valence-electron chi connectivity index (χ1n) is 6.90. The lowest BCUT2D eigenvalue weighted by Gasteiger charge is -2.29. The summed E-state index contributed by atoms with van der Waals surface area (Å²) in [6.07, 6.45) is 0.419. The van der Waals surface area contributed by atoms with Gasteiger partial charge in [0.25, 0.3) is 0 Å². The molecule has 1 aromatic carbocycles. The number of hydrogen-bond acceptors (Lipinski definition) is 4. The monoisotopic (exact) mass is 298 g/mol. The van der Waals surface area contributed by atoms with Crippen LogP contribution in [0.1, 0.15) is 31.7 Å². The van der Waals surface area contributed by atoms with Crippen molar-refractivity contribution < 1.29 is 13.5 Å². The van der Waals surface area contributed by atoms with Crippen LogP contribution in [0.4, 0.5) is 5.69 Å². The van der Waals surface area contributed by atoms with Crippen LogP contribution in [-0.4, -0.2) is 38.0 Å². The van der Waals surface area contributed by atoms with E-state index in [9.17, 15) is 13.5 Å². The lowest BCUT2D eigenvalue weighted by molar-refractivity contribution is 0.118. The Morgan fingerprint density at radius 2 is 2.15 bits per heavy atom. The van der Waals surface area contributed by atoms with Gasteiger partial charge in [0, 0.05) is 18.2 Å². The Morgan fingerprint density at radius 1 is 1.40 bits per heavy atom. The van der Waals surface area contributed by atoms with Crippen LogP contribution in [0.5, 0.6) is 0 Å². The van der Waals surface area contributed by atoms with E-state index in [1.54, 1.807) is 19.9 Å². The molecule has 1 saturated heterocycles. The van der Waals surface area contributed by atoms with E-state index in [1.807, 2.05) is 18.2 Å². The summed E-state index contributed by atoms with van der Waals surface area (Å²) in [5.74, 6) is 0.0553. The zero-order chi connectivity index (χ0) is 14.8. The predicted molar refractivity (Wildman–Crippen MR) is 80.4 cm³/mol. The molecular formula is C14H22N2O3S. The molecule has 1 heterocycles. The molecule has 2 rings (SSSR count). The van der Waals surface area contributed by atoms with Gasteiger partial charge in [0.2, 0.25) is 10.0 Å². The first-order valence-corrected chi connectivity index (χ1v) is 8.45. The summed E-state index contributed by atoms with van der Waals surface area (Å²) in [5.41, 5.74) is 1.53. The maximum atomic E-state index is 11.9. The van der Waals surface area contributed by atoms with Crippen molar-refractivity contribution in [1.82, 2.24) is 5.32 Å². The molecule has 0 amide bonds. The summed E-state index contributed by atoms with van der Waals surface area (Å²) >= 11 is 0. The first-order chi connectivity index (χ1) is 9.40. The summed E-state index contributed by atoms with van der Waals surface area (Å²) in [7, 11) is -3.34. The van der Waals surface area contributed by atoms with Gasteiger partial charge in [0.05, 0.1) is 11.4 Å². The molecular weight excluding hydrogens is 276 g/mol. The van der Waals surface area contributed by atoms with Crippen molar-refractivity contribution in [1.29, 1.82) is 0 Å². The largest absolute Gasteiger partial charge is 0.391 e. The smallest absolute Gasteiger partial charge is 0.235 e. The van der Waals surface area contributed by atoms with E-state index < -0.39 is 21.4 Å². The fourth-order valence-electron chi connectivity index (χ4n) is 2.35. The third kappa shape index (κ3) is 3.50. The molecule has 112 valence electrons. The maximum absolute atomic E-state index is 11.9. The van der Waals surface area contributed by atoms with E-state index in [4.69, 9.17) is 0 Å². The minimum absolute atomic E-state index is 0.0553. The van der Waals surface area contributed by atoms with Crippen molar-refractivity contribution in [3.8, 4) is 0 Å². The molecule has 0 aromatic heterocycles. The number of sulfonamides is 1. The summed E-state index contributed by atoms with van der Waals surface area (Å²) in [5, 5.41) is 12.7. The van der Waals surface area contributed by atoms with Crippen LogP contribution in [-0.2, 0) is 10.0 Å². The van der Waals surface area contributed by atoms with Crippen molar-refractivity contribution in [3.63, 3.8) is 0 Å². The minimum atomic E-state index is -3.34. The average Bonchev–Trinajstić information content (AvgIpc) is 2.39. The van der Waals surface area contributed by atoms with Crippen LogP contribution in [0.25, 0.3) is 0 Å². The molecule has 6 heteroatoms. The summed E-state index contributed by atoms with van der Waals surface area (Å²) in [6, 6.07) is 7.31. The van der Waals surface area contributed by atoms with Gasteiger partial charge in [0.15, 0.2) is 0 Å². The van der Waals surface area contributed by atoms with E-state index in [0.29, 0.717) is 12.2 Å². The lowest BCUT2D eigenvalue weighted by Crippen LogP contribution is -2.39. The normalized spacial score (nSPS) is 23.8. The molecule has 20 heavy (non-hydrogen) atoms. The number of aliphatic hydroxyl groups excluding tert-OH is 1. The molecule has 1 aliphatic rings. The molecule has 0 bridgehead atoms. The Bertz CT molecular complexity index is 557. The molecule has 3 N–H and O–H groups in total. The summed E-state index contributed by atoms with van der Waals surface area (Å²) in [4.78, 5) is 0. The van der Waals surface area contributed by atoms with Gasteiger partial charge in [-0.1, -0.05) is 12.1 Å². The second-order valence-electron chi connectivity index (χ2n) is 5.49. The molecule has 1 unspecified atom stereocenters. The van der Waals surface area contributed by atoms with E-state index in [0.717, 1.165) is 18.5 Å². The van der Waals surface area contributed by atoms with Crippen LogP contribution in [0.2, 0.25) is 0 Å². The highest BCUT2D eigenvalue weighted by molar-refractivity contribution is 7.93. The van der Waals surface area contributed by atoms with Gasteiger partial charge in [-0.05, 0) is 44.5 Å². The Hall–Kier alpha value is -1.11. The Kier molecular flexibility index (Phi) is 4.67. The van der Waals surface area contributed by atoms with Gasteiger partial charge in [0.1, 0.15) is 0 Å². The zero-order valence-corrected chi connectivity index (χ0v) is 12.7. The van der Waals surface area contributed by atoms with Gasteiger partial charge in [-0.15, -0.1) is 0 Å². The predicted octanol–water partition coefficient (Wildman–Crippen LogP) is 1.27. The van der Waals surface area contributed by atoms with Crippen molar-refractivity contribution in [2.75, 3.05) is 17.8 Å². The first kappa shape index (κ1) is 15.3. The fraction of sp³-hybridized carbons (Fsp3) is 0.571. The van der Waals surface area contributed by atoms with Crippen molar-refractivity contribution in [2.24, 2.45) is 0 Å². The summed E-state index contributed by atoms with van der Waals surface area (Å²) < 4.78 is 26.3. The molecule has 1 aromatic rings. The van der Waals surface area contributed by atoms with Gasteiger partial charge in [-0.25, -0.2) is 8.42 Å². The molecule has 2 atom stereocenters. The third-order valence-corrected chi connectivity index (χ3v) is 5.41. The fourth-order valence-corrected chi connectivity index (χ4v) is 3.04. The number of β-amino-alcohol motifs (C(OH)–C–C–N with tert-alkyl or cyclic N) is 1. The topological polar surface area (TPSA) is 78.4 Å². The van der Waals surface area contributed by atoms with Crippen LogP contribution < -0.4 is 10.0 Å². The summed E-state index contributed by atoms with van der Waals surface area (Å²) in [6.45, 7) is 4.72. The van der Waals surface area contributed by atoms with Crippen LogP contribution >= 0.6 is 0 Å². The average molecular weight is 298 g/mol. The van der Waals surface area contributed by atoms with E-state index in [-0.39, 0.29) is 5.92 Å². The van der Waals surface area contributed by atoms with Crippen molar-refractivity contribution in [3.05, 3.63) is 29.8 Å². The van der Waals surface area contributed by atoms with Crippen LogP contribution in [0.15, 0.2) is 24.3 Å². The van der Waals surface area contributed by atoms with E-state index in [2.05, 4.69) is 10.0 Å². The zero-order valence-electron chi connectivity index (χ0n) is 11.8. The second-order valence-corrected chi connectivity index (χ2v) is 7.72. The van der Waals surface area contributed by atoms with Crippen molar-refractivity contribution >= 4 is 15.7 Å². The number of aliphatic hydroxyl groups is 1. The standard InChI is InChI=1S/C14H22N2O3S/c1-10(2)20(18,19)16-12-5-3-4-11(8-12)13-6-7-15-9-14(13)17/h3-5,8,10,13-17H,6-7,9H2,1-2H3/t13?,14-/m0/s1. The van der Waals surface area contributed by atoms with Gasteiger partial charge in [-0.3, -0.25) is 4.72 Å². The number of hydrogen-bond donors (Lipinski definition) is 3. The van der Waals surface area contributed by atoms with Gasteiger partial charge < -0.3 is 10.4 Å². The number of rotatable bonds is 4. The molecule has 1 aliphatic heterocycles. The lowest BCUT2D eigenvalue weighted by atomic mass is 9.88. The van der Waals surface area contributed by atoms with Crippen LogP contribution in [0, 0.1) is 0 Å². The molecule has 5 nitrogen and oxygen atoms in total. The molecule has 1 fully saturated rings. The Balaban J connectivity index is 2.20. The Morgan fingerprint density at radius 3 is 2.80 bits per heavy atom. The van der Waals surface area contributed by atoms with E-state index in [1.165, 1.54) is 0 Å². The molecule has 0 aliphatic carbocycles. The number of anilines is 1.